The summed E-state index contributed by atoms with van der Waals surface area (Å²) in [6, 6.07) is 9.75. The third kappa shape index (κ3) is 3.71. The van der Waals surface area contributed by atoms with Crippen molar-refractivity contribution in [2.24, 2.45) is 5.92 Å². The number of nitrogens with one attached hydrogen (secondary N) is 2. The second-order valence-corrected chi connectivity index (χ2v) is 8.78. The Morgan fingerprint density at radius 3 is 2.80 bits per heavy atom. The Morgan fingerprint density at radius 1 is 1.27 bits per heavy atom. The van der Waals surface area contributed by atoms with Gasteiger partial charge in [0, 0.05) is 11.3 Å². The Morgan fingerprint density at radius 2 is 2.07 bits per heavy atom. The van der Waals surface area contributed by atoms with Crippen molar-refractivity contribution in [2.75, 3.05) is 5.75 Å². The molecule has 1 aromatic heterocycles. The van der Waals surface area contributed by atoms with Crippen LogP contribution in [-0.2, 0) is 16.1 Å². The maximum atomic E-state index is 13.1. The number of nitrogens with zero attached hydrogens (tertiary/aromatic N) is 1. The monoisotopic (exact) mass is 427 g/mol. The number of furan rings is 1. The molecule has 8 heteroatoms. The van der Waals surface area contributed by atoms with E-state index in [-0.39, 0.29) is 35.6 Å². The number of benzene rings is 1. The number of amides is 3. The second kappa shape index (κ2) is 8.55. The molecule has 1 saturated heterocycles. The van der Waals surface area contributed by atoms with Crippen LogP contribution in [0.3, 0.4) is 0 Å². The van der Waals surface area contributed by atoms with Crippen molar-refractivity contribution in [3.05, 3.63) is 59.5 Å². The summed E-state index contributed by atoms with van der Waals surface area (Å²) in [5, 5.41) is 5.60. The van der Waals surface area contributed by atoms with Crippen LogP contribution in [0.1, 0.15) is 47.3 Å². The van der Waals surface area contributed by atoms with Crippen LogP contribution in [0.2, 0.25) is 0 Å². The number of carbonyl (C=O) groups excluding carboxylic acids is 3. The van der Waals surface area contributed by atoms with Gasteiger partial charge in [0.05, 0.1) is 12.8 Å². The zero-order chi connectivity index (χ0) is 21.3. The van der Waals surface area contributed by atoms with E-state index in [0.717, 1.165) is 12.0 Å². The molecule has 2 aromatic rings. The summed E-state index contributed by atoms with van der Waals surface area (Å²) in [7, 11) is 0. The first-order chi connectivity index (χ1) is 14.5. The molecule has 7 nitrogen and oxygen atoms in total. The molecule has 158 valence electrons. The van der Waals surface area contributed by atoms with Crippen molar-refractivity contribution in [1.82, 2.24) is 15.5 Å². The van der Waals surface area contributed by atoms with Crippen molar-refractivity contribution in [3.63, 3.8) is 0 Å². The van der Waals surface area contributed by atoms with E-state index in [9.17, 15) is 14.4 Å². The fraction of sp³-hybridized carbons (Fsp3) is 0.409. The average Bonchev–Trinajstić information content (AvgIpc) is 3.49. The van der Waals surface area contributed by atoms with Gasteiger partial charge in [-0.1, -0.05) is 38.5 Å². The van der Waals surface area contributed by atoms with Crippen molar-refractivity contribution in [1.29, 1.82) is 0 Å². The molecule has 2 N–H and O–H groups in total. The van der Waals surface area contributed by atoms with Gasteiger partial charge in [-0.15, -0.1) is 11.8 Å². The largest absolute Gasteiger partial charge is 0.467 e. The maximum absolute atomic E-state index is 13.1. The molecule has 0 radical (unpaired) electrons. The van der Waals surface area contributed by atoms with Gasteiger partial charge >= 0.3 is 0 Å². The van der Waals surface area contributed by atoms with E-state index in [2.05, 4.69) is 10.6 Å². The predicted molar refractivity (Wildman–Crippen MR) is 114 cm³/mol. The molecule has 3 amide bonds. The molecule has 1 fully saturated rings. The quantitative estimate of drug-likeness (QED) is 0.709. The molecule has 0 unspecified atom stereocenters. The highest BCUT2D eigenvalue weighted by atomic mass is 32.2. The molecule has 0 saturated carbocycles. The number of carbonyl (C=O) groups is 3. The maximum Gasteiger partial charge on any atom is 0.256 e. The molecule has 30 heavy (non-hydrogen) atoms. The van der Waals surface area contributed by atoms with Gasteiger partial charge in [-0.3, -0.25) is 14.4 Å². The van der Waals surface area contributed by atoms with E-state index in [1.807, 2.05) is 32.0 Å². The number of rotatable bonds is 7. The highest BCUT2D eigenvalue weighted by Crippen LogP contribution is 2.48. The van der Waals surface area contributed by atoms with E-state index in [0.29, 0.717) is 17.1 Å². The van der Waals surface area contributed by atoms with E-state index in [1.54, 1.807) is 41.1 Å². The highest BCUT2D eigenvalue weighted by molar-refractivity contribution is 7.99. The van der Waals surface area contributed by atoms with E-state index in [1.165, 1.54) is 0 Å². The van der Waals surface area contributed by atoms with Crippen molar-refractivity contribution < 1.29 is 18.8 Å². The highest BCUT2D eigenvalue weighted by Gasteiger charge is 2.48. The number of thioether (sulfide) groups is 1. The minimum absolute atomic E-state index is 0.0538. The molecule has 3 heterocycles. The molecule has 4 atom stereocenters. The molecular weight excluding hydrogens is 402 g/mol. The smallest absolute Gasteiger partial charge is 0.256 e. The SMILES string of the molecule is CC[C@H](C)[C@H](NC(=O)[C@@H]1CS[C@@H]2c3ccccc3C(=O)N21)C(=O)NCc1ccco1. The average molecular weight is 428 g/mol. The van der Waals surface area contributed by atoms with Crippen LogP contribution in [0, 0.1) is 5.92 Å². The molecule has 2 aliphatic rings. The van der Waals surface area contributed by atoms with Crippen molar-refractivity contribution in [2.45, 2.75) is 44.3 Å². The molecule has 2 aliphatic heterocycles. The Kier molecular flexibility index (Phi) is 5.85. The first kappa shape index (κ1) is 20.5. The van der Waals surface area contributed by atoms with E-state index < -0.39 is 12.1 Å². The third-order valence-corrected chi connectivity index (χ3v) is 7.11. The first-order valence-corrected chi connectivity index (χ1v) is 11.2. The Bertz CT molecular complexity index is 946. The molecular formula is C22H25N3O4S. The van der Waals surface area contributed by atoms with Gasteiger partial charge < -0.3 is 20.0 Å². The lowest BCUT2D eigenvalue weighted by Crippen LogP contribution is -2.55. The zero-order valence-corrected chi connectivity index (χ0v) is 17.8. The molecule has 0 aliphatic carbocycles. The lowest BCUT2D eigenvalue weighted by atomic mass is 9.98. The van der Waals surface area contributed by atoms with Crippen molar-refractivity contribution in [3.8, 4) is 0 Å². The van der Waals surface area contributed by atoms with Crippen LogP contribution in [0.4, 0.5) is 0 Å². The summed E-state index contributed by atoms with van der Waals surface area (Å²) in [4.78, 5) is 40.5. The third-order valence-electron chi connectivity index (χ3n) is 5.80. The summed E-state index contributed by atoms with van der Waals surface area (Å²) in [5.41, 5.74) is 1.61. The lowest BCUT2D eigenvalue weighted by Gasteiger charge is -2.27. The van der Waals surface area contributed by atoms with Crippen LogP contribution in [0.5, 0.6) is 0 Å². The second-order valence-electron chi connectivity index (χ2n) is 7.67. The summed E-state index contributed by atoms with van der Waals surface area (Å²) in [6.07, 6.45) is 2.28. The standard InChI is InChI=1S/C22H25N3O4S/c1-3-13(2)18(20(27)23-11-14-7-6-10-29-14)24-19(26)17-12-30-22-16-9-5-4-8-15(16)21(28)25(17)22/h4-10,13,17-18,22H,3,11-12H2,1-2H3,(H,23,27)(H,24,26)/t13-,17-,18-,22+/m0/s1. The number of hydrogen-bond donors (Lipinski definition) is 2. The van der Waals surface area contributed by atoms with Gasteiger partial charge in [0.2, 0.25) is 11.8 Å². The zero-order valence-electron chi connectivity index (χ0n) is 17.0. The van der Waals surface area contributed by atoms with Gasteiger partial charge in [-0.05, 0) is 29.7 Å². The molecule has 1 aromatic carbocycles. The predicted octanol–water partition coefficient (Wildman–Crippen LogP) is 2.70. The molecule has 0 spiro atoms. The topological polar surface area (TPSA) is 91.7 Å². The summed E-state index contributed by atoms with van der Waals surface area (Å²) < 4.78 is 5.25. The fourth-order valence-corrected chi connectivity index (χ4v) is 5.36. The van der Waals surface area contributed by atoms with Crippen molar-refractivity contribution >= 4 is 29.5 Å². The Labute approximate surface area is 179 Å². The van der Waals surface area contributed by atoms with Crippen LogP contribution in [-0.4, -0.2) is 40.5 Å². The van der Waals surface area contributed by atoms with Crippen LogP contribution in [0.15, 0.2) is 47.1 Å². The Hall–Kier alpha value is -2.74. The van der Waals surface area contributed by atoms with Gasteiger partial charge in [0.25, 0.3) is 5.91 Å². The Balaban J connectivity index is 1.45. The lowest BCUT2D eigenvalue weighted by molar-refractivity contribution is -0.132. The first-order valence-electron chi connectivity index (χ1n) is 10.1. The van der Waals surface area contributed by atoms with Crippen LogP contribution < -0.4 is 10.6 Å². The van der Waals surface area contributed by atoms with Crippen LogP contribution >= 0.6 is 11.8 Å². The normalized spacial score (nSPS) is 21.7. The van der Waals surface area contributed by atoms with Gasteiger partial charge in [-0.2, -0.15) is 0 Å². The van der Waals surface area contributed by atoms with Gasteiger partial charge in [0.1, 0.15) is 23.2 Å². The summed E-state index contributed by atoms with van der Waals surface area (Å²) in [5.74, 6) is 0.438. The summed E-state index contributed by atoms with van der Waals surface area (Å²) in [6.45, 7) is 4.17. The van der Waals surface area contributed by atoms with Gasteiger partial charge in [-0.25, -0.2) is 0 Å². The fourth-order valence-electron chi connectivity index (χ4n) is 3.89. The minimum atomic E-state index is -0.679. The molecule has 4 rings (SSSR count). The van der Waals surface area contributed by atoms with E-state index in [4.69, 9.17) is 4.42 Å². The number of hydrogen-bond acceptors (Lipinski definition) is 5. The molecule has 0 bridgehead atoms. The number of fused-ring (bicyclic) bond motifs is 3. The van der Waals surface area contributed by atoms with Gasteiger partial charge in [0.15, 0.2) is 0 Å². The minimum Gasteiger partial charge on any atom is -0.467 e. The van der Waals surface area contributed by atoms with Crippen LogP contribution in [0.25, 0.3) is 0 Å². The summed E-state index contributed by atoms with van der Waals surface area (Å²) >= 11 is 1.59. The van der Waals surface area contributed by atoms with E-state index >= 15 is 0 Å².